The molecule has 8 nitrogen and oxygen atoms in total. The fourth-order valence-corrected chi connectivity index (χ4v) is 3.02. The van der Waals surface area contributed by atoms with Gasteiger partial charge in [-0.2, -0.15) is 4.72 Å². The van der Waals surface area contributed by atoms with E-state index in [4.69, 9.17) is 0 Å². The second kappa shape index (κ2) is 5.55. The van der Waals surface area contributed by atoms with Gasteiger partial charge in [0.1, 0.15) is 11.9 Å². The van der Waals surface area contributed by atoms with E-state index in [0.29, 0.717) is 5.82 Å². The second-order valence-electron chi connectivity index (χ2n) is 4.25. The summed E-state index contributed by atoms with van der Waals surface area (Å²) in [4.78, 5) is 26.5. The van der Waals surface area contributed by atoms with E-state index >= 15 is 0 Å². The number of pyridine rings is 1. The van der Waals surface area contributed by atoms with Crippen LogP contribution in [0.3, 0.4) is 0 Å². The third-order valence-corrected chi connectivity index (χ3v) is 4.30. The fraction of sp³-hybridized carbons (Fsp3) is 0.364. The summed E-state index contributed by atoms with van der Waals surface area (Å²) in [7, 11) is -2.23. The van der Waals surface area contributed by atoms with Crippen LogP contribution in [0.15, 0.2) is 23.2 Å². The van der Waals surface area contributed by atoms with Crippen molar-refractivity contribution < 1.29 is 18.0 Å². The van der Waals surface area contributed by atoms with Gasteiger partial charge >= 0.3 is 0 Å². The van der Waals surface area contributed by atoms with Crippen molar-refractivity contribution in [2.75, 3.05) is 12.4 Å². The lowest BCUT2D eigenvalue weighted by atomic mass is 10.1. The molecule has 0 saturated carbocycles. The molecule has 9 heteroatoms. The van der Waals surface area contributed by atoms with Gasteiger partial charge in [0.15, 0.2) is 0 Å². The molecule has 2 rings (SSSR count). The van der Waals surface area contributed by atoms with E-state index in [2.05, 4.69) is 20.3 Å². The molecule has 3 N–H and O–H groups in total. The highest BCUT2D eigenvalue weighted by molar-refractivity contribution is 7.89. The van der Waals surface area contributed by atoms with Gasteiger partial charge in [0, 0.05) is 25.7 Å². The number of imide groups is 1. The van der Waals surface area contributed by atoms with E-state index in [-0.39, 0.29) is 17.7 Å². The Balaban J connectivity index is 2.18. The maximum atomic E-state index is 12.2. The lowest BCUT2D eigenvalue weighted by molar-refractivity contribution is -0.134. The third kappa shape index (κ3) is 3.11. The molecule has 1 saturated heterocycles. The molecule has 1 aromatic heterocycles. The minimum Gasteiger partial charge on any atom is -0.373 e. The number of rotatable bonds is 4. The second-order valence-corrected chi connectivity index (χ2v) is 5.97. The Morgan fingerprint density at radius 3 is 2.80 bits per heavy atom. The van der Waals surface area contributed by atoms with Crippen molar-refractivity contribution in [3.05, 3.63) is 18.3 Å². The topological polar surface area (TPSA) is 117 Å². The van der Waals surface area contributed by atoms with Crippen molar-refractivity contribution in [1.82, 2.24) is 15.0 Å². The van der Waals surface area contributed by atoms with Crippen molar-refractivity contribution in [1.29, 1.82) is 0 Å². The lowest BCUT2D eigenvalue weighted by Gasteiger charge is -2.21. The van der Waals surface area contributed by atoms with Gasteiger partial charge in [-0.15, -0.1) is 0 Å². The molecule has 2 heterocycles. The van der Waals surface area contributed by atoms with E-state index in [0.717, 1.165) is 0 Å². The molecule has 2 amide bonds. The number of nitrogens with zero attached hydrogens (tertiary/aromatic N) is 1. The number of sulfonamides is 1. The smallest absolute Gasteiger partial charge is 0.244 e. The normalized spacial score (nSPS) is 19.6. The molecular formula is C11H14N4O4S. The number of amides is 2. The lowest BCUT2D eigenvalue weighted by Crippen LogP contribution is -2.52. The number of hydrogen-bond donors (Lipinski definition) is 3. The highest BCUT2D eigenvalue weighted by atomic mass is 32.2. The van der Waals surface area contributed by atoms with Crippen LogP contribution in [0.1, 0.15) is 12.8 Å². The molecule has 20 heavy (non-hydrogen) atoms. The number of nitrogens with one attached hydrogen (secondary N) is 3. The average molecular weight is 298 g/mol. The van der Waals surface area contributed by atoms with E-state index in [1.54, 1.807) is 7.05 Å². The number of aromatic nitrogens is 1. The Labute approximate surface area is 116 Å². The Morgan fingerprint density at radius 2 is 2.15 bits per heavy atom. The molecule has 1 aliphatic heterocycles. The molecule has 0 bridgehead atoms. The predicted molar refractivity (Wildman–Crippen MR) is 70.3 cm³/mol. The largest absolute Gasteiger partial charge is 0.373 e. The first-order valence-electron chi connectivity index (χ1n) is 5.92. The highest BCUT2D eigenvalue weighted by Gasteiger charge is 2.30. The SMILES string of the molecule is CNc1cc(S(=O)(=O)NC2CCC(=O)NC2=O)ccn1. The summed E-state index contributed by atoms with van der Waals surface area (Å²) in [6.45, 7) is 0. The Morgan fingerprint density at radius 1 is 1.40 bits per heavy atom. The summed E-state index contributed by atoms with van der Waals surface area (Å²) in [6.07, 6.45) is 1.61. The van der Waals surface area contributed by atoms with E-state index in [1.165, 1.54) is 18.3 Å². The molecule has 1 unspecified atom stereocenters. The van der Waals surface area contributed by atoms with Crippen LogP contribution in [0.2, 0.25) is 0 Å². The van der Waals surface area contributed by atoms with Crippen molar-refractivity contribution in [2.24, 2.45) is 0 Å². The Kier molecular flexibility index (Phi) is 4.00. The van der Waals surface area contributed by atoms with Gasteiger partial charge in [-0.1, -0.05) is 0 Å². The van der Waals surface area contributed by atoms with Crippen LogP contribution < -0.4 is 15.4 Å². The molecule has 1 aliphatic rings. The molecule has 1 atom stereocenters. The third-order valence-electron chi connectivity index (χ3n) is 2.83. The average Bonchev–Trinajstić information content (AvgIpc) is 2.42. The van der Waals surface area contributed by atoms with Crippen molar-refractivity contribution in [3.63, 3.8) is 0 Å². The molecule has 108 valence electrons. The van der Waals surface area contributed by atoms with Gasteiger partial charge in [0.25, 0.3) is 0 Å². The first-order valence-corrected chi connectivity index (χ1v) is 7.40. The zero-order chi connectivity index (χ0) is 14.8. The van der Waals surface area contributed by atoms with Crippen LogP contribution in [-0.2, 0) is 19.6 Å². The predicted octanol–water partition coefficient (Wildman–Crippen LogP) is -0.793. The molecular weight excluding hydrogens is 284 g/mol. The first kappa shape index (κ1) is 14.4. The summed E-state index contributed by atoms with van der Waals surface area (Å²) in [5, 5.41) is 4.83. The van der Waals surface area contributed by atoms with Gasteiger partial charge in [-0.3, -0.25) is 14.9 Å². The maximum absolute atomic E-state index is 12.2. The minimum absolute atomic E-state index is 0.00144. The first-order chi connectivity index (χ1) is 9.42. The van der Waals surface area contributed by atoms with Crippen LogP contribution in [0.4, 0.5) is 5.82 Å². The van der Waals surface area contributed by atoms with E-state index in [9.17, 15) is 18.0 Å². The molecule has 0 aliphatic carbocycles. The van der Waals surface area contributed by atoms with Crippen LogP contribution in [-0.4, -0.2) is 38.3 Å². The van der Waals surface area contributed by atoms with Gasteiger partial charge in [-0.25, -0.2) is 13.4 Å². The molecule has 0 spiro atoms. The summed E-state index contributed by atoms with van der Waals surface area (Å²) < 4.78 is 26.6. The number of carbonyl (C=O) groups is 2. The van der Waals surface area contributed by atoms with Gasteiger partial charge < -0.3 is 5.32 Å². The molecule has 1 fully saturated rings. The van der Waals surface area contributed by atoms with E-state index in [1.807, 2.05) is 0 Å². The number of hydrogen-bond acceptors (Lipinski definition) is 6. The van der Waals surface area contributed by atoms with Crippen LogP contribution in [0.5, 0.6) is 0 Å². The van der Waals surface area contributed by atoms with Crippen molar-refractivity contribution in [3.8, 4) is 0 Å². The molecule has 0 radical (unpaired) electrons. The van der Waals surface area contributed by atoms with Gasteiger partial charge in [-0.05, 0) is 12.5 Å². The van der Waals surface area contributed by atoms with Crippen LogP contribution in [0.25, 0.3) is 0 Å². The van der Waals surface area contributed by atoms with Gasteiger partial charge in [0.2, 0.25) is 21.8 Å². The number of anilines is 1. The van der Waals surface area contributed by atoms with Crippen molar-refractivity contribution >= 4 is 27.7 Å². The standard InChI is InChI=1S/C11H14N4O4S/c1-12-9-6-7(4-5-13-9)20(18,19)15-8-2-3-10(16)14-11(8)17/h4-6,8,15H,2-3H2,1H3,(H,12,13)(H,14,16,17). The van der Waals surface area contributed by atoms with E-state index < -0.39 is 27.9 Å². The zero-order valence-corrected chi connectivity index (χ0v) is 11.5. The number of piperidine rings is 1. The Bertz CT molecular complexity index is 644. The van der Waals surface area contributed by atoms with Crippen LogP contribution in [0, 0.1) is 0 Å². The summed E-state index contributed by atoms with van der Waals surface area (Å²) in [5.41, 5.74) is 0. The Hall–Kier alpha value is -2.00. The zero-order valence-electron chi connectivity index (χ0n) is 10.7. The van der Waals surface area contributed by atoms with Crippen LogP contribution >= 0.6 is 0 Å². The van der Waals surface area contributed by atoms with Gasteiger partial charge in [0.05, 0.1) is 4.90 Å². The summed E-state index contributed by atoms with van der Waals surface area (Å²) in [6, 6.07) is 1.74. The summed E-state index contributed by atoms with van der Waals surface area (Å²) in [5.74, 6) is -0.629. The summed E-state index contributed by atoms with van der Waals surface area (Å²) >= 11 is 0. The highest BCUT2D eigenvalue weighted by Crippen LogP contribution is 2.14. The monoisotopic (exact) mass is 298 g/mol. The minimum atomic E-state index is -3.85. The van der Waals surface area contributed by atoms with Crippen molar-refractivity contribution in [2.45, 2.75) is 23.8 Å². The quantitative estimate of drug-likeness (QED) is 0.627. The number of carbonyl (C=O) groups excluding carboxylic acids is 2. The molecule has 1 aromatic rings. The molecule has 0 aromatic carbocycles. The maximum Gasteiger partial charge on any atom is 0.244 e. The fourth-order valence-electron chi connectivity index (χ4n) is 1.78.